The Balaban J connectivity index is 0.000000240. The Morgan fingerprint density at radius 2 is 1.33 bits per heavy atom. The number of aromatic nitrogens is 8. The summed E-state index contributed by atoms with van der Waals surface area (Å²) in [6.07, 6.45) is 14.6. The van der Waals surface area contributed by atoms with Crippen LogP contribution in [0.4, 0.5) is 0 Å². The molecule has 4 aromatic rings. The van der Waals surface area contributed by atoms with E-state index in [9.17, 15) is 0 Å². The summed E-state index contributed by atoms with van der Waals surface area (Å²) in [7, 11) is 0. The summed E-state index contributed by atoms with van der Waals surface area (Å²) in [4.78, 5) is 18.1. The minimum Gasteiger partial charge on any atom is -0.348 e. The lowest BCUT2D eigenvalue weighted by molar-refractivity contribution is 0.396. The molecule has 0 aliphatic heterocycles. The molecule has 200 valence electrons. The van der Waals surface area contributed by atoms with Gasteiger partial charge in [-0.2, -0.15) is 5.10 Å². The molecule has 4 heterocycles. The molecule has 0 bridgehead atoms. The highest BCUT2D eigenvalue weighted by Crippen LogP contribution is 2.19. The predicted octanol–water partition coefficient (Wildman–Crippen LogP) is 6.76. The van der Waals surface area contributed by atoms with Crippen LogP contribution in [0.25, 0.3) is 0 Å². The van der Waals surface area contributed by atoms with Crippen LogP contribution in [-0.2, 0) is 21.8 Å². The second kappa shape index (κ2) is 12.7. The van der Waals surface area contributed by atoms with Crippen molar-refractivity contribution in [2.24, 2.45) is 0 Å². The molecule has 4 aromatic heterocycles. The Morgan fingerprint density at radius 1 is 0.694 bits per heavy atom. The van der Waals surface area contributed by atoms with Crippen molar-refractivity contribution in [2.75, 3.05) is 0 Å². The van der Waals surface area contributed by atoms with E-state index in [1.807, 2.05) is 31.0 Å². The Morgan fingerprint density at radius 3 is 1.56 bits per heavy atom. The van der Waals surface area contributed by atoms with Crippen LogP contribution < -0.4 is 0 Å². The van der Waals surface area contributed by atoms with Gasteiger partial charge in [-0.1, -0.05) is 62.3 Å². The molecule has 0 saturated carbocycles. The van der Waals surface area contributed by atoms with Crippen molar-refractivity contribution >= 4 is 0 Å². The third-order valence-corrected chi connectivity index (χ3v) is 5.10. The molecule has 0 atom stereocenters. The van der Waals surface area contributed by atoms with Gasteiger partial charge < -0.3 is 14.5 Å². The minimum atomic E-state index is 0.156. The molecule has 0 fully saturated rings. The molecule has 0 aliphatic carbocycles. The molecule has 0 aromatic carbocycles. The van der Waals surface area contributed by atoms with Crippen LogP contribution in [0.2, 0.25) is 0 Å². The number of imidazole rings is 3. The summed E-state index contributed by atoms with van der Waals surface area (Å²) in [5, 5.41) is 6.79. The lowest BCUT2D eigenvalue weighted by Gasteiger charge is -2.19. The average molecular weight is 497 g/mol. The van der Waals surface area contributed by atoms with Crippen LogP contribution in [0.3, 0.4) is 0 Å². The first kappa shape index (κ1) is 30.9. The molecule has 0 unspecified atom stereocenters. The lowest BCUT2D eigenvalue weighted by atomic mass is 9.93. The fourth-order valence-electron chi connectivity index (χ4n) is 2.67. The predicted molar refractivity (Wildman–Crippen MR) is 149 cm³/mol. The van der Waals surface area contributed by atoms with E-state index in [1.54, 1.807) is 24.9 Å². The molecule has 0 radical (unpaired) electrons. The zero-order valence-electron chi connectivity index (χ0n) is 24.4. The number of rotatable bonds is 0. The van der Waals surface area contributed by atoms with Crippen LogP contribution >= 0.6 is 0 Å². The van der Waals surface area contributed by atoms with Gasteiger partial charge in [-0.15, -0.1) is 0 Å². The summed E-state index contributed by atoms with van der Waals surface area (Å²) in [5.74, 6) is 1.04. The van der Waals surface area contributed by atoms with E-state index in [0.717, 1.165) is 5.82 Å². The monoisotopic (exact) mass is 496 g/mol. The van der Waals surface area contributed by atoms with E-state index in [4.69, 9.17) is 0 Å². The van der Waals surface area contributed by atoms with E-state index >= 15 is 0 Å². The van der Waals surface area contributed by atoms with Crippen molar-refractivity contribution in [2.45, 2.75) is 105 Å². The third-order valence-electron chi connectivity index (χ3n) is 5.10. The molecule has 3 N–H and O–H groups in total. The molecule has 0 saturated heterocycles. The van der Waals surface area contributed by atoms with E-state index in [0.29, 0.717) is 0 Å². The molecule has 0 amide bonds. The SMILES string of the molecule is CC(C)(C)c1ccn[nH]1.CC(C)(C)c1cnc[nH]1.CC(C)(C)c1ncc[nH]1.CC(C)(C)n1ccnc1. The Kier molecular flexibility index (Phi) is 10.9. The third kappa shape index (κ3) is 11.5. The number of nitrogens with one attached hydrogen (secondary N) is 3. The fourth-order valence-corrected chi connectivity index (χ4v) is 2.67. The van der Waals surface area contributed by atoms with Crippen molar-refractivity contribution in [3.8, 4) is 0 Å². The van der Waals surface area contributed by atoms with Crippen molar-refractivity contribution in [3.05, 3.63) is 73.1 Å². The van der Waals surface area contributed by atoms with Crippen LogP contribution in [0, 0.1) is 0 Å². The largest absolute Gasteiger partial charge is 0.348 e. The van der Waals surface area contributed by atoms with Gasteiger partial charge in [0.05, 0.1) is 12.7 Å². The van der Waals surface area contributed by atoms with E-state index in [2.05, 4.69) is 123 Å². The molecule has 0 spiro atoms. The van der Waals surface area contributed by atoms with Gasteiger partial charge in [-0.05, 0) is 26.8 Å². The van der Waals surface area contributed by atoms with Crippen LogP contribution in [-0.4, -0.2) is 39.7 Å². The Labute approximate surface area is 217 Å². The second-order valence-corrected chi connectivity index (χ2v) is 12.8. The van der Waals surface area contributed by atoms with Gasteiger partial charge in [0.15, 0.2) is 0 Å². The summed E-state index contributed by atoms with van der Waals surface area (Å²) >= 11 is 0. The second-order valence-electron chi connectivity index (χ2n) is 12.8. The standard InChI is InChI=1S/4C7H12N2/c1-7(2,3)6-4-8-5-9-6;1-7(2,3)9-5-4-8-6-9;1-7(2,3)6-8-4-5-9-6;1-7(2,3)6-4-5-8-9-6/h4-5H,1-3H3,(H,8,9);4-6H,1-3H3;2*4-5H,1-3H3,(H,8,9). The first-order valence-electron chi connectivity index (χ1n) is 12.4. The van der Waals surface area contributed by atoms with Gasteiger partial charge in [-0.3, -0.25) is 5.10 Å². The zero-order chi connectivity index (χ0) is 27.6. The molecule has 4 rings (SSSR count). The maximum atomic E-state index is 4.13. The number of hydrogen-bond acceptors (Lipinski definition) is 4. The van der Waals surface area contributed by atoms with Crippen molar-refractivity contribution in [1.29, 1.82) is 0 Å². The maximum Gasteiger partial charge on any atom is 0.111 e. The van der Waals surface area contributed by atoms with Gasteiger partial charge >= 0.3 is 0 Å². The van der Waals surface area contributed by atoms with Gasteiger partial charge in [0.1, 0.15) is 5.82 Å². The Bertz CT molecular complexity index is 854. The molecular weight excluding hydrogens is 448 g/mol. The van der Waals surface area contributed by atoms with Gasteiger partial charge in [0, 0.05) is 70.4 Å². The minimum absolute atomic E-state index is 0.156. The van der Waals surface area contributed by atoms with Gasteiger partial charge in [0.2, 0.25) is 0 Å². The van der Waals surface area contributed by atoms with Crippen molar-refractivity contribution in [1.82, 2.24) is 39.7 Å². The first-order chi connectivity index (χ1) is 16.4. The fraction of sp³-hybridized carbons (Fsp3) is 0.571. The van der Waals surface area contributed by atoms with E-state index < -0.39 is 0 Å². The van der Waals surface area contributed by atoms with Crippen LogP contribution in [0.15, 0.2) is 55.9 Å². The van der Waals surface area contributed by atoms with E-state index in [1.165, 1.54) is 11.4 Å². The number of nitrogens with zero attached hydrogens (tertiary/aromatic N) is 5. The Hall–Kier alpha value is -3.16. The average Bonchev–Trinajstić information content (AvgIpc) is 3.57. The molecule has 0 aliphatic rings. The molecule has 36 heavy (non-hydrogen) atoms. The highest BCUT2D eigenvalue weighted by molar-refractivity contribution is 5.09. The normalized spacial score (nSPS) is 11.9. The summed E-state index contributed by atoms with van der Waals surface area (Å²) in [6.45, 7) is 25.8. The zero-order valence-corrected chi connectivity index (χ0v) is 24.4. The summed E-state index contributed by atoms with van der Waals surface area (Å²) < 4.78 is 2.08. The maximum absolute atomic E-state index is 4.13. The lowest BCUT2D eigenvalue weighted by Crippen LogP contribution is -2.19. The number of hydrogen-bond donors (Lipinski definition) is 3. The van der Waals surface area contributed by atoms with E-state index in [-0.39, 0.29) is 21.8 Å². The van der Waals surface area contributed by atoms with Crippen molar-refractivity contribution in [3.63, 3.8) is 0 Å². The summed E-state index contributed by atoms with van der Waals surface area (Å²) in [5.41, 5.74) is 3.11. The molecule has 8 heteroatoms. The summed E-state index contributed by atoms with van der Waals surface area (Å²) in [6, 6.07) is 2.00. The number of H-pyrrole nitrogens is 3. The highest BCUT2D eigenvalue weighted by Gasteiger charge is 2.15. The highest BCUT2D eigenvalue weighted by atomic mass is 15.1. The number of aromatic amines is 3. The molecule has 8 nitrogen and oxygen atoms in total. The molecular formula is C28H48N8. The topological polar surface area (TPSA) is 104 Å². The quantitative estimate of drug-likeness (QED) is 0.250. The van der Waals surface area contributed by atoms with Gasteiger partial charge in [0.25, 0.3) is 0 Å². The van der Waals surface area contributed by atoms with Crippen LogP contribution in [0.1, 0.15) is 100 Å². The first-order valence-corrected chi connectivity index (χ1v) is 12.4. The van der Waals surface area contributed by atoms with Crippen molar-refractivity contribution < 1.29 is 0 Å². The van der Waals surface area contributed by atoms with Gasteiger partial charge in [-0.25, -0.2) is 15.0 Å². The smallest absolute Gasteiger partial charge is 0.111 e. The van der Waals surface area contributed by atoms with Crippen LogP contribution in [0.5, 0.6) is 0 Å².